The molecule has 4 heteroatoms. The summed E-state index contributed by atoms with van der Waals surface area (Å²) < 4.78 is 0. The molecule has 0 atom stereocenters. The number of benzene rings is 1. The van der Waals surface area contributed by atoms with Gasteiger partial charge in [-0.2, -0.15) is 0 Å². The number of nitrogens with one attached hydrogen (secondary N) is 1. The third-order valence-electron chi connectivity index (χ3n) is 3.49. The number of ketones is 1. The number of carboxylic acid groups (broad SMARTS) is 1. The van der Waals surface area contributed by atoms with Crippen molar-refractivity contribution in [3.63, 3.8) is 0 Å². The fourth-order valence-corrected chi connectivity index (χ4v) is 2.60. The highest BCUT2D eigenvalue weighted by molar-refractivity contribution is 6.03. The van der Waals surface area contributed by atoms with Crippen molar-refractivity contribution in [2.24, 2.45) is 0 Å². The number of aromatic amines is 1. The largest absolute Gasteiger partial charge is 0.481 e. The second-order valence-electron chi connectivity index (χ2n) is 4.89. The highest BCUT2D eigenvalue weighted by Crippen LogP contribution is 2.29. The van der Waals surface area contributed by atoms with Crippen LogP contribution in [0.5, 0.6) is 0 Å². The van der Waals surface area contributed by atoms with Crippen molar-refractivity contribution in [3.8, 4) is 11.8 Å². The Balaban J connectivity index is 2.04. The molecule has 1 aliphatic rings. The van der Waals surface area contributed by atoms with Crippen LogP contribution in [-0.4, -0.2) is 21.8 Å². The zero-order chi connectivity index (χ0) is 14.1. The molecule has 0 unspecified atom stereocenters. The normalized spacial score (nSPS) is 13.7. The Morgan fingerprint density at radius 3 is 3.00 bits per heavy atom. The first-order valence-corrected chi connectivity index (χ1v) is 6.53. The highest BCUT2D eigenvalue weighted by atomic mass is 16.4. The fourth-order valence-electron chi connectivity index (χ4n) is 2.60. The second-order valence-corrected chi connectivity index (χ2v) is 4.89. The number of Topliss-reactive ketones (excluding diaryl/α,β-unsaturated/α-hetero) is 1. The van der Waals surface area contributed by atoms with E-state index in [-0.39, 0.29) is 12.2 Å². The molecule has 0 fully saturated rings. The summed E-state index contributed by atoms with van der Waals surface area (Å²) >= 11 is 0. The molecule has 0 bridgehead atoms. The van der Waals surface area contributed by atoms with Crippen LogP contribution >= 0.6 is 0 Å². The SMILES string of the molecule is O=C(O)CC#Cc1ccc2[nH]c3c(c2c1)CCCC3=O. The number of fused-ring (bicyclic) bond motifs is 3. The summed E-state index contributed by atoms with van der Waals surface area (Å²) in [6.45, 7) is 0. The lowest BCUT2D eigenvalue weighted by Gasteiger charge is -2.09. The van der Waals surface area contributed by atoms with Crippen LogP contribution in [0.2, 0.25) is 0 Å². The van der Waals surface area contributed by atoms with Crippen LogP contribution in [0, 0.1) is 11.8 Å². The Bertz CT molecular complexity index is 774. The average molecular weight is 267 g/mol. The minimum absolute atomic E-state index is 0.165. The molecule has 1 aliphatic carbocycles. The molecule has 1 aromatic heterocycles. The Morgan fingerprint density at radius 1 is 1.35 bits per heavy atom. The monoisotopic (exact) mass is 267 g/mol. The molecule has 1 aromatic carbocycles. The predicted octanol–water partition coefficient (Wildman–Crippen LogP) is 2.51. The van der Waals surface area contributed by atoms with Crippen LogP contribution in [-0.2, 0) is 11.2 Å². The van der Waals surface area contributed by atoms with Crippen molar-refractivity contribution in [1.82, 2.24) is 4.98 Å². The van der Waals surface area contributed by atoms with Gasteiger partial charge in [-0.3, -0.25) is 9.59 Å². The van der Waals surface area contributed by atoms with Gasteiger partial charge < -0.3 is 10.1 Å². The van der Waals surface area contributed by atoms with Gasteiger partial charge in [-0.25, -0.2) is 0 Å². The van der Waals surface area contributed by atoms with Gasteiger partial charge in [-0.15, -0.1) is 0 Å². The van der Waals surface area contributed by atoms with Crippen molar-refractivity contribution in [2.75, 3.05) is 0 Å². The highest BCUT2D eigenvalue weighted by Gasteiger charge is 2.21. The molecule has 2 N–H and O–H groups in total. The van der Waals surface area contributed by atoms with Crippen LogP contribution in [0.4, 0.5) is 0 Å². The number of aryl methyl sites for hydroxylation is 1. The summed E-state index contributed by atoms with van der Waals surface area (Å²) in [7, 11) is 0. The van der Waals surface area contributed by atoms with E-state index in [1.165, 1.54) is 0 Å². The third-order valence-corrected chi connectivity index (χ3v) is 3.49. The number of carboxylic acids is 1. The van der Waals surface area contributed by atoms with Gasteiger partial charge in [-0.05, 0) is 36.6 Å². The number of aliphatic carboxylic acids is 1. The number of hydrogen-bond donors (Lipinski definition) is 2. The first-order chi connectivity index (χ1) is 9.65. The Kier molecular flexibility index (Phi) is 3.03. The number of H-pyrrole nitrogens is 1. The molecule has 1 heterocycles. The molecular formula is C16H13NO3. The van der Waals surface area contributed by atoms with Crippen LogP contribution in [0.1, 0.15) is 40.9 Å². The maximum absolute atomic E-state index is 11.9. The van der Waals surface area contributed by atoms with Gasteiger partial charge in [0.15, 0.2) is 5.78 Å². The van der Waals surface area contributed by atoms with E-state index in [4.69, 9.17) is 5.11 Å². The summed E-state index contributed by atoms with van der Waals surface area (Å²) in [4.78, 5) is 25.5. The number of rotatable bonds is 1. The van der Waals surface area contributed by atoms with Crippen LogP contribution in [0.15, 0.2) is 18.2 Å². The van der Waals surface area contributed by atoms with Crippen molar-refractivity contribution in [2.45, 2.75) is 25.7 Å². The molecule has 0 radical (unpaired) electrons. The predicted molar refractivity (Wildman–Crippen MR) is 74.7 cm³/mol. The van der Waals surface area contributed by atoms with E-state index < -0.39 is 5.97 Å². The van der Waals surface area contributed by atoms with E-state index >= 15 is 0 Å². The fraction of sp³-hybridized carbons (Fsp3) is 0.250. The number of hydrogen-bond acceptors (Lipinski definition) is 2. The zero-order valence-corrected chi connectivity index (χ0v) is 10.8. The minimum atomic E-state index is -0.928. The van der Waals surface area contributed by atoms with Crippen molar-refractivity contribution >= 4 is 22.7 Å². The standard InChI is InChI=1S/C16H13NO3/c18-14-5-2-4-11-12-9-10(3-1-6-15(19)20)7-8-13(12)17-16(11)14/h7-9,17H,2,4-6H2,(H,19,20). The molecule has 2 aromatic rings. The lowest BCUT2D eigenvalue weighted by atomic mass is 9.94. The maximum atomic E-state index is 11.9. The lowest BCUT2D eigenvalue weighted by Crippen LogP contribution is -2.09. The van der Waals surface area contributed by atoms with Crippen molar-refractivity contribution < 1.29 is 14.7 Å². The van der Waals surface area contributed by atoms with Gasteiger partial charge in [0.2, 0.25) is 0 Å². The van der Waals surface area contributed by atoms with Gasteiger partial charge in [0.1, 0.15) is 6.42 Å². The van der Waals surface area contributed by atoms with E-state index in [1.54, 1.807) is 0 Å². The Hall–Kier alpha value is -2.54. The molecule has 0 aliphatic heterocycles. The van der Waals surface area contributed by atoms with E-state index in [0.717, 1.165) is 40.6 Å². The second kappa shape index (κ2) is 4.86. The molecule has 20 heavy (non-hydrogen) atoms. The molecule has 0 saturated heterocycles. The molecule has 3 rings (SSSR count). The van der Waals surface area contributed by atoms with Gasteiger partial charge in [0, 0.05) is 22.9 Å². The number of carbonyl (C=O) groups is 2. The first kappa shape index (κ1) is 12.5. The molecule has 100 valence electrons. The quantitative estimate of drug-likeness (QED) is 0.780. The number of aromatic nitrogens is 1. The van der Waals surface area contributed by atoms with Gasteiger partial charge in [0.05, 0.1) is 5.69 Å². The lowest BCUT2D eigenvalue weighted by molar-refractivity contribution is -0.135. The first-order valence-electron chi connectivity index (χ1n) is 6.53. The summed E-state index contributed by atoms with van der Waals surface area (Å²) in [6.07, 6.45) is 2.22. The van der Waals surface area contributed by atoms with E-state index in [0.29, 0.717) is 6.42 Å². The molecule has 0 amide bonds. The molecule has 4 nitrogen and oxygen atoms in total. The van der Waals surface area contributed by atoms with Crippen LogP contribution in [0.3, 0.4) is 0 Å². The summed E-state index contributed by atoms with van der Waals surface area (Å²) in [5, 5.41) is 9.60. The van der Waals surface area contributed by atoms with Gasteiger partial charge in [0.25, 0.3) is 0 Å². The van der Waals surface area contributed by atoms with Gasteiger partial charge >= 0.3 is 5.97 Å². The summed E-state index contributed by atoms with van der Waals surface area (Å²) in [5.74, 6) is 4.71. The van der Waals surface area contributed by atoms with E-state index in [1.807, 2.05) is 18.2 Å². The maximum Gasteiger partial charge on any atom is 0.315 e. The topological polar surface area (TPSA) is 70.2 Å². The Morgan fingerprint density at radius 2 is 2.20 bits per heavy atom. The summed E-state index contributed by atoms with van der Waals surface area (Å²) in [6, 6.07) is 5.66. The number of carbonyl (C=O) groups excluding carboxylic acids is 1. The van der Waals surface area contributed by atoms with Crippen LogP contribution < -0.4 is 0 Å². The van der Waals surface area contributed by atoms with E-state index in [2.05, 4.69) is 16.8 Å². The summed E-state index contributed by atoms with van der Waals surface area (Å²) in [5.41, 5.74) is 3.51. The van der Waals surface area contributed by atoms with Crippen molar-refractivity contribution in [3.05, 3.63) is 35.0 Å². The average Bonchev–Trinajstić information content (AvgIpc) is 2.78. The van der Waals surface area contributed by atoms with E-state index in [9.17, 15) is 9.59 Å². The van der Waals surface area contributed by atoms with Crippen LogP contribution in [0.25, 0.3) is 10.9 Å². The molecule has 0 spiro atoms. The van der Waals surface area contributed by atoms with Crippen molar-refractivity contribution in [1.29, 1.82) is 0 Å². The Labute approximate surface area is 115 Å². The minimum Gasteiger partial charge on any atom is -0.481 e. The molecule has 0 saturated carbocycles. The molecular weight excluding hydrogens is 254 g/mol. The zero-order valence-electron chi connectivity index (χ0n) is 10.8. The smallest absolute Gasteiger partial charge is 0.315 e. The van der Waals surface area contributed by atoms with Gasteiger partial charge in [-0.1, -0.05) is 11.8 Å². The third kappa shape index (κ3) is 2.19.